The largest absolute Gasteiger partial charge is 0.308 e. The summed E-state index contributed by atoms with van der Waals surface area (Å²) in [6.45, 7) is 4.18. The molecule has 104 valence electrons. The molecule has 4 heterocycles. The van der Waals surface area contributed by atoms with Crippen LogP contribution in [-0.4, -0.2) is 21.3 Å². The summed E-state index contributed by atoms with van der Waals surface area (Å²) in [5.41, 5.74) is 0. The van der Waals surface area contributed by atoms with E-state index >= 15 is 0 Å². The summed E-state index contributed by atoms with van der Waals surface area (Å²) >= 11 is 3.61. The van der Waals surface area contributed by atoms with Gasteiger partial charge in [0, 0.05) is 22.5 Å². The zero-order valence-corrected chi connectivity index (χ0v) is 12.9. The zero-order valence-electron chi connectivity index (χ0n) is 11.3. The van der Waals surface area contributed by atoms with E-state index in [9.17, 15) is 0 Å². The molecule has 0 saturated heterocycles. The van der Waals surface area contributed by atoms with Gasteiger partial charge in [-0.3, -0.25) is 0 Å². The van der Waals surface area contributed by atoms with Gasteiger partial charge in [0.2, 0.25) is 0 Å². The van der Waals surface area contributed by atoms with E-state index < -0.39 is 0 Å². The predicted octanol–water partition coefficient (Wildman–Crippen LogP) is 3.67. The first kappa shape index (κ1) is 12.5. The van der Waals surface area contributed by atoms with Crippen LogP contribution in [0.25, 0.3) is 20.1 Å². The van der Waals surface area contributed by atoms with Crippen LogP contribution in [-0.2, 0) is 6.54 Å². The quantitative estimate of drug-likeness (QED) is 0.803. The highest BCUT2D eigenvalue weighted by atomic mass is 32.1. The Morgan fingerprint density at radius 3 is 3.20 bits per heavy atom. The van der Waals surface area contributed by atoms with E-state index in [2.05, 4.69) is 44.5 Å². The molecule has 1 aliphatic heterocycles. The second-order valence-corrected chi connectivity index (χ2v) is 7.12. The van der Waals surface area contributed by atoms with Crippen LogP contribution in [0.15, 0.2) is 17.5 Å². The number of hydrogen-bond acceptors (Lipinski definition) is 5. The Morgan fingerprint density at radius 1 is 1.40 bits per heavy atom. The van der Waals surface area contributed by atoms with Crippen molar-refractivity contribution in [3.8, 4) is 10.7 Å². The zero-order chi connectivity index (χ0) is 13.5. The number of aromatic nitrogens is 3. The second kappa shape index (κ2) is 4.95. The topological polar surface area (TPSA) is 42.7 Å². The summed E-state index contributed by atoms with van der Waals surface area (Å²) in [7, 11) is 0. The lowest BCUT2D eigenvalue weighted by Gasteiger charge is -2.24. The van der Waals surface area contributed by atoms with Crippen LogP contribution in [0.4, 0.5) is 0 Å². The van der Waals surface area contributed by atoms with Crippen molar-refractivity contribution in [1.82, 2.24) is 20.1 Å². The normalized spacial score (nSPS) is 18.6. The van der Waals surface area contributed by atoms with Crippen molar-refractivity contribution in [2.75, 3.05) is 6.54 Å². The number of thiophene rings is 2. The van der Waals surface area contributed by atoms with Gasteiger partial charge in [0.05, 0.1) is 10.9 Å². The van der Waals surface area contributed by atoms with Crippen molar-refractivity contribution < 1.29 is 0 Å². The Morgan fingerprint density at radius 2 is 2.35 bits per heavy atom. The minimum atomic E-state index is 0.357. The van der Waals surface area contributed by atoms with Gasteiger partial charge in [0.25, 0.3) is 0 Å². The van der Waals surface area contributed by atoms with Crippen LogP contribution in [0, 0.1) is 0 Å². The van der Waals surface area contributed by atoms with Gasteiger partial charge in [0.15, 0.2) is 11.6 Å². The van der Waals surface area contributed by atoms with Crippen LogP contribution < -0.4 is 5.32 Å². The van der Waals surface area contributed by atoms with E-state index in [1.165, 1.54) is 14.3 Å². The van der Waals surface area contributed by atoms with Gasteiger partial charge in [0.1, 0.15) is 0 Å². The summed E-state index contributed by atoms with van der Waals surface area (Å²) in [6, 6.07) is 4.79. The van der Waals surface area contributed by atoms with Gasteiger partial charge in [-0.15, -0.1) is 32.9 Å². The highest BCUT2D eigenvalue weighted by Crippen LogP contribution is 2.36. The Balaban J connectivity index is 1.78. The van der Waals surface area contributed by atoms with Gasteiger partial charge in [-0.2, -0.15) is 0 Å². The SMILES string of the molecule is CCCC1NCCn2c(-c3cc4sccc4s3)nnc21. The fourth-order valence-corrected chi connectivity index (χ4v) is 4.92. The summed E-state index contributed by atoms with van der Waals surface area (Å²) in [4.78, 5) is 1.24. The van der Waals surface area contributed by atoms with Gasteiger partial charge in [-0.1, -0.05) is 13.3 Å². The lowest BCUT2D eigenvalue weighted by Crippen LogP contribution is -2.33. The molecule has 20 heavy (non-hydrogen) atoms. The first-order chi connectivity index (χ1) is 9.86. The molecule has 0 spiro atoms. The van der Waals surface area contributed by atoms with Gasteiger partial charge in [-0.05, 0) is 23.9 Å². The molecule has 0 saturated carbocycles. The number of hydrogen-bond donors (Lipinski definition) is 1. The summed E-state index contributed by atoms with van der Waals surface area (Å²) in [5.74, 6) is 2.14. The Hall–Kier alpha value is -1.24. The molecular weight excluding hydrogens is 288 g/mol. The minimum absolute atomic E-state index is 0.357. The molecule has 3 aromatic rings. The molecule has 0 bridgehead atoms. The third-order valence-electron chi connectivity index (χ3n) is 3.75. The van der Waals surface area contributed by atoms with Gasteiger partial charge >= 0.3 is 0 Å². The average molecular weight is 304 g/mol. The third-order valence-corrected chi connectivity index (χ3v) is 5.84. The second-order valence-electron chi connectivity index (χ2n) is 5.09. The standard InChI is InChI=1S/C14H16N4S2/c1-2-3-9-13-16-17-14(18(13)6-5-15-9)12-8-11-10(20-12)4-7-19-11/h4,7-9,15H,2-3,5-6H2,1H3. The maximum Gasteiger partial charge on any atom is 0.174 e. The van der Waals surface area contributed by atoms with Crippen molar-refractivity contribution in [2.24, 2.45) is 0 Å². The molecule has 4 rings (SSSR count). The molecule has 1 N–H and O–H groups in total. The molecular formula is C14H16N4S2. The fraction of sp³-hybridized carbons (Fsp3) is 0.429. The van der Waals surface area contributed by atoms with E-state index in [1.54, 1.807) is 11.3 Å². The number of nitrogens with one attached hydrogen (secondary N) is 1. The summed E-state index contributed by atoms with van der Waals surface area (Å²) < 4.78 is 4.99. The monoisotopic (exact) mass is 304 g/mol. The first-order valence-corrected chi connectivity index (χ1v) is 8.70. The van der Waals surface area contributed by atoms with Crippen molar-refractivity contribution in [2.45, 2.75) is 32.4 Å². The van der Waals surface area contributed by atoms with E-state index in [0.717, 1.165) is 37.6 Å². The molecule has 1 aliphatic rings. The van der Waals surface area contributed by atoms with Crippen molar-refractivity contribution >= 4 is 32.1 Å². The molecule has 4 nitrogen and oxygen atoms in total. The molecule has 0 aromatic carbocycles. The van der Waals surface area contributed by atoms with Crippen molar-refractivity contribution in [3.63, 3.8) is 0 Å². The molecule has 0 radical (unpaired) electrons. The van der Waals surface area contributed by atoms with Crippen LogP contribution in [0.3, 0.4) is 0 Å². The highest BCUT2D eigenvalue weighted by Gasteiger charge is 2.25. The molecule has 0 amide bonds. The highest BCUT2D eigenvalue weighted by molar-refractivity contribution is 7.28. The molecule has 3 aromatic heterocycles. The van der Waals surface area contributed by atoms with Gasteiger partial charge < -0.3 is 9.88 Å². The van der Waals surface area contributed by atoms with E-state index in [-0.39, 0.29) is 0 Å². The predicted molar refractivity (Wildman–Crippen MR) is 84.4 cm³/mol. The lowest BCUT2D eigenvalue weighted by atomic mass is 10.1. The number of nitrogens with zero attached hydrogens (tertiary/aromatic N) is 3. The summed E-state index contributed by atoms with van der Waals surface area (Å²) in [5, 5.41) is 14.6. The van der Waals surface area contributed by atoms with Crippen LogP contribution in [0.1, 0.15) is 31.6 Å². The molecule has 0 fully saturated rings. The van der Waals surface area contributed by atoms with E-state index in [1.807, 2.05) is 11.3 Å². The van der Waals surface area contributed by atoms with Crippen LogP contribution >= 0.6 is 22.7 Å². The smallest absolute Gasteiger partial charge is 0.174 e. The van der Waals surface area contributed by atoms with E-state index in [0.29, 0.717) is 6.04 Å². The van der Waals surface area contributed by atoms with Crippen molar-refractivity contribution in [1.29, 1.82) is 0 Å². The molecule has 1 atom stereocenters. The Labute approximate surface area is 125 Å². The number of fused-ring (bicyclic) bond motifs is 2. The Kier molecular flexibility index (Phi) is 3.09. The lowest BCUT2D eigenvalue weighted by molar-refractivity contribution is 0.394. The maximum atomic E-state index is 4.46. The maximum absolute atomic E-state index is 4.46. The van der Waals surface area contributed by atoms with Crippen molar-refractivity contribution in [3.05, 3.63) is 23.3 Å². The average Bonchev–Trinajstić information content (AvgIpc) is 3.11. The van der Waals surface area contributed by atoms with Crippen LogP contribution in [0.2, 0.25) is 0 Å². The Bertz CT molecular complexity index is 711. The first-order valence-electron chi connectivity index (χ1n) is 7.00. The molecule has 1 unspecified atom stereocenters. The molecule has 0 aliphatic carbocycles. The number of rotatable bonds is 3. The fourth-order valence-electron chi connectivity index (χ4n) is 2.81. The van der Waals surface area contributed by atoms with Crippen LogP contribution in [0.5, 0.6) is 0 Å². The third kappa shape index (κ3) is 1.90. The summed E-state index contributed by atoms with van der Waals surface area (Å²) in [6.07, 6.45) is 2.28. The van der Waals surface area contributed by atoms with E-state index in [4.69, 9.17) is 0 Å². The minimum Gasteiger partial charge on any atom is -0.308 e. The van der Waals surface area contributed by atoms with Gasteiger partial charge in [-0.25, -0.2) is 0 Å². The molecule has 6 heteroatoms.